The van der Waals surface area contributed by atoms with E-state index in [1.807, 2.05) is 13.0 Å². The van der Waals surface area contributed by atoms with Gasteiger partial charge in [0.15, 0.2) is 0 Å². The molecule has 2 aromatic heterocycles. The molecule has 1 amide bonds. The van der Waals surface area contributed by atoms with Gasteiger partial charge in [0.25, 0.3) is 0 Å². The van der Waals surface area contributed by atoms with E-state index < -0.39 is 0 Å². The van der Waals surface area contributed by atoms with E-state index in [1.54, 1.807) is 11.3 Å². The molecular weight excluding hydrogens is 308 g/mol. The van der Waals surface area contributed by atoms with Crippen molar-refractivity contribution in [2.75, 3.05) is 26.2 Å². The Bertz CT molecular complexity index is 622. The molecule has 2 N–H and O–H groups in total. The Balaban J connectivity index is 1.42. The van der Waals surface area contributed by atoms with Crippen LogP contribution in [0.5, 0.6) is 0 Å². The largest absolute Gasteiger partial charge is 0.355 e. The third-order valence-corrected chi connectivity index (χ3v) is 5.23. The molecule has 0 aromatic carbocycles. The maximum absolute atomic E-state index is 12.1. The van der Waals surface area contributed by atoms with E-state index >= 15 is 0 Å². The Morgan fingerprint density at radius 2 is 2.48 bits per heavy atom. The van der Waals surface area contributed by atoms with Gasteiger partial charge in [-0.25, -0.2) is 0 Å². The number of thiophene rings is 1. The van der Waals surface area contributed by atoms with Crippen molar-refractivity contribution in [1.82, 2.24) is 20.4 Å². The van der Waals surface area contributed by atoms with E-state index in [2.05, 4.69) is 37.9 Å². The minimum Gasteiger partial charge on any atom is -0.355 e. The molecule has 2 aromatic rings. The van der Waals surface area contributed by atoms with E-state index in [0.717, 1.165) is 50.3 Å². The predicted octanol–water partition coefficient (Wildman–Crippen LogP) is 2.32. The fraction of sp³-hybridized carbons (Fsp3) is 0.529. The number of H-pyrrole nitrogens is 1. The summed E-state index contributed by atoms with van der Waals surface area (Å²) in [5.74, 6) is 0.563. The van der Waals surface area contributed by atoms with Gasteiger partial charge in [0.2, 0.25) is 5.91 Å². The van der Waals surface area contributed by atoms with Gasteiger partial charge in [0, 0.05) is 29.6 Å². The zero-order valence-electron chi connectivity index (χ0n) is 13.5. The highest BCUT2D eigenvalue weighted by atomic mass is 32.1. The number of carbonyl (C=O) groups is 1. The highest BCUT2D eigenvalue weighted by molar-refractivity contribution is 7.09. The predicted molar refractivity (Wildman–Crippen MR) is 92.8 cm³/mol. The van der Waals surface area contributed by atoms with Crippen LogP contribution in [0.2, 0.25) is 0 Å². The summed E-state index contributed by atoms with van der Waals surface area (Å²) in [4.78, 5) is 15.7. The summed E-state index contributed by atoms with van der Waals surface area (Å²) in [5, 5.41) is 12.5. The Hall–Kier alpha value is -1.66. The van der Waals surface area contributed by atoms with E-state index in [1.165, 1.54) is 4.88 Å². The number of rotatable bonds is 6. The summed E-state index contributed by atoms with van der Waals surface area (Å²) in [6, 6.07) is 6.28. The Labute approximate surface area is 141 Å². The van der Waals surface area contributed by atoms with Crippen LogP contribution in [0.3, 0.4) is 0 Å². The van der Waals surface area contributed by atoms with Crippen LogP contribution >= 0.6 is 11.3 Å². The molecule has 1 unspecified atom stereocenters. The monoisotopic (exact) mass is 332 g/mol. The standard InChI is InChI=1S/C17H24N4OS/c1-13-10-16(20-19-13)14-4-2-8-21(11-14)12-17(22)18-7-6-15-5-3-9-23-15/h3,5,9-10,14H,2,4,6-8,11-12H2,1H3,(H,18,22)(H,19,20). The lowest BCUT2D eigenvalue weighted by atomic mass is 9.94. The van der Waals surface area contributed by atoms with Gasteiger partial charge >= 0.3 is 0 Å². The SMILES string of the molecule is Cc1cc(C2CCCN(CC(=O)NCCc3cccs3)C2)n[nH]1. The third kappa shape index (κ3) is 4.65. The minimum atomic E-state index is 0.125. The van der Waals surface area contributed by atoms with E-state index in [4.69, 9.17) is 0 Å². The van der Waals surface area contributed by atoms with Crippen molar-refractivity contribution in [2.45, 2.75) is 32.1 Å². The van der Waals surface area contributed by atoms with Crippen LogP contribution in [0.25, 0.3) is 0 Å². The van der Waals surface area contributed by atoms with E-state index in [0.29, 0.717) is 12.5 Å². The number of hydrogen-bond acceptors (Lipinski definition) is 4. The zero-order valence-corrected chi connectivity index (χ0v) is 14.4. The van der Waals surface area contributed by atoms with Crippen molar-refractivity contribution >= 4 is 17.2 Å². The molecule has 0 saturated carbocycles. The second kappa shape index (κ2) is 7.75. The lowest BCUT2D eigenvalue weighted by Crippen LogP contribution is -2.42. The summed E-state index contributed by atoms with van der Waals surface area (Å²) in [5.41, 5.74) is 2.23. The summed E-state index contributed by atoms with van der Waals surface area (Å²) in [6.45, 7) is 5.15. The number of aromatic amines is 1. The van der Waals surface area contributed by atoms with Crippen LogP contribution in [-0.2, 0) is 11.2 Å². The fourth-order valence-corrected chi connectivity index (χ4v) is 3.84. The first kappa shape index (κ1) is 16.2. The number of carbonyl (C=O) groups excluding carboxylic acids is 1. The molecule has 5 nitrogen and oxygen atoms in total. The maximum Gasteiger partial charge on any atom is 0.234 e. The molecule has 3 rings (SSSR count). The molecule has 1 saturated heterocycles. The number of piperidine rings is 1. The maximum atomic E-state index is 12.1. The number of amides is 1. The number of aromatic nitrogens is 2. The van der Waals surface area contributed by atoms with Gasteiger partial charge in [-0.15, -0.1) is 11.3 Å². The molecule has 3 heterocycles. The summed E-state index contributed by atoms with van der Waals surface area (Å²) < 4.78 is 0. The number of nitrogens with zero attached hydrogens (tertiary/aromatic N) is 2. The minimum absolute atomic E-state index is 0.125. The molecule has 1 atom stereocenters. The lowest BCUT2D eigenvalue weighted by Gasteiger charge is -2.31. The van der Waals surface area contributed by atoms with Crippen LogP contribution in [-0.4, -0.2) is 47.2 Å². The van der Waals surface area contributed by atoms with Crippen molar-refractivity contribution in [2.24, 2.45) is 0 Å². The third-order valence-electron chi connectivity index (χ3n) is 4.29. The Morgan fingerprint density at radius 1 is 1.57 bits per heavy atom. The molecule has 23 heavy (non-hydrogen) atoms. The Morgan fingerprint density at radius 3 is 3.22 bits per heavy atom. The second-order valence-electron chi connectivity index (χ2n) is 6.23. The van der Waals surface area contributed by atoms with Crippen LogP contribution in [0.1, 0.15) is 35.0 Å². The number of hydrogen-bond donors (Lipinski definition) is 2. The highest BCUT2D eigenvalue weighted by Gasteiger charge is 2.24. The van der Waals surface area contributed by atoms with Crippen molar-refractivity contribution in [1.29, 1.82) is 0 Å². The molecule has 6 heteroatoms. The second-order valence-corrected chi connectivity index (χ2v) is 7.26. The van der Waals surface area contributed by atoms with Gasteiger partial charge in [0.05, 0.1) is 12.2 Å². The average Bonchev–Trinajstić information content (AvgIpc) is 3.19. The summed E-state index contributed by atoms with van der Waals surface area (Å²) >= 11 is 1.74. The molecular formula is C17H24N4OS. The smallest absolute Gasteiger partial charge is 0.234 e. The molecule has 0 bridgehead atoms. The first-order chi connectivity index (χ1) is 11.2. The highest BCUT2D eigenvalue weighted by Crippen LogP contribution is 2.25. The van der Waals surface area contributed by atoms with Crippen molar-refractivity contribution < 1.29 is 4.79 Å². The number of likely N-dealkylation sites (tertiary alicyclic amines) is 1. The summed E-state index contributed by atoms with van der Waals surface area (Å²) in [7, 11) is 0. The van der Waals surface area contributed by atoms with Crippen LogP contribution < -0.4 is 5.32 Å². The van der Waals surface area contributed by atoms with Gasteiger partial charge in [-0.2, -0.15) is 5.10 Å². The quantitative estimate of drug-likeness (QED) is 0.853. The molecule has 0 aliphatic carbocycles. The van der Waals surface area contributed by atoms with Crippen molar-refractivity contribution in [3.8, 4) is 0 Å². The summed E-state index contributed by atoms with van der Waals surface area (Å²) in [6.07, 6.45) is 3.19. The Kier molecular flexibility index (Phi) is 5.46. The molecule has 1 aliphatic rings. The molecule has 0 spiro atoms. The van der Waals surface area contributed by atoms with Gasteiger partial charge < -0.3 is 5.32 Å². The topological polar surface area (TPSA) is 61.0 Å². The van der Waals surface area contributed by atoms with Crippen molar-refractivity contribution in [3.05, 3.63) is 39.8 Å². The van der Waals surface area contributed by atoms with Gasteiger partial charge in [-0.05, 0) is 50.2 Å². The zero-order chi connectivity index (χ0) is 16.1. The van der Waals surface area contributed by atoms with E-state index in [9.17, 15) is 4.79 Å². The average molecular weight is 332 g/mol. The first-order valence-corrected chi connectivity index (χ1v) is 9.12. The molecule has 1 aliphatic heterocycles. The van der Waals surface area contributed by atoms with Gasteiger partial charge in [0.1, 0.15) is 0 Å². The van der Waals surface area contributed by atoms with Gasteiger partial charge in [-0.1, -0.05) is 6.07 Å². The molecule has 0 radical (unpaired) electrons. The van der Waals surface area contributed by atoms with Gasteiger partial charge in [-0.3, -0.25) is 14.8 Å². The number of aryl methyl sites for hydroxylation is 1. The molecule has 1 fully saturated rings. The number of nitrogens with one attached hydrogen (secondary N) is 2. The molecule has 124 valence electrons. The lowest BCUT2D eigenvalue weighted by molar-refractivity contribution is -0.122. The van der Waals surface area contributed by atoms with E-state index in [-0.39, 0.29) is 5.91 Å². The van der Waals surface area contributed by atoms with Crippen molar-refractivity contribution in [3.63, 3.8) is 0 Å². The van der Waals surface area contributed by atoms with Crippen LogP contribution in [0.4, 0.5) is 0 Å². The first-order valence-electron chi connectivity index (χ1n) is 8.24. The van der Waals surface area contributed by atoms with Crippen LogP contribution in [0.15, 0.2) is 23.6 Å². The normalized spacial score (nSPS) is 18.9. The fourth-order valence-electron chi connectivity index (χ4n) is 3.13. The van der Waals surface area contributed by atoms with Crippen LogP contribution in [0, 0.1) is 6.92 Å².